The number of halogens is 2. The second kappa shape index (κ2) is 12.4. The summed E-state index contributed by atoms with van der Waals surface area (Å²) < 4.78 is 5.87. The van der Waals surface area contributed by atoms with Gasteiger partial charge in [0.1, 0.15) is 18.6 Å². The fraction of sp³-hybridized carbons (Fsp3) is 0.480. The normalized spacial score (nSPS) is 20.9. The lowest BCUT2D eigenvalue weighted by Gasteiger charge is -2.39. The van der Waals surface area contributed by atoms with Crippen LogP contribution in [-0.2, 0) is 17.9 Å². The summed E-state index contributed by atoms with van der Waals surface area (Å²) in [5, 5.41) is 3.44. The molecular weight excluding hydrogens is 431 g/mol. The van der Waals surface area contributed by atoms with E-state index < -0.39 is 0 Å². The lowest BCUT2D eigenvalue weighted by molar-refractivity contribution is -0.108. The van der Waals surface area contributed by atoms with Gasteiger partial charge in [-0.05, 0) is 55.3 Å². The number of rotatable bonds is 6. The van der Waals surface area contributed by atoms with Crippen LogP contribution in [0, 0.1) is 12.8 Å². The van der Waals surface area contributed by atoms with Gasteiger partial charge in [-0.15, -0.1) is 24.8 Å². The average molecular weight is 465 g/mol. The van der Waals surface area contributed by atoms with Crippen LogP contribution in [0.25, 0.3) is 0 Å². The first-order valence-corrected chi connectivity index (χ1v) is 10.9. The molecule has 4 rings (SSSR count). The first-order valence-electron chi connectivity index (χ1n) is 10.9. The third-order valence-corrected chi connectivity index (χ3v) is 6.35. The minimum Gasteiger partial charge on any atom is -0.492 e. The highest BCUT2D eigenvalue weighted by Crippen LogP contribution is 2.37. The van der Waals surface area contributed by atoms with Gasteiger partial charge in [-0.2, -0.15) is 0 Å². The van der Waals surface area contributed by atoms with Crippen molar-refractivity contribution < 1.29 is 9.53 Å². The Balaban J connectivity index is 0.00000171. The quantitative estimate of drug-likeness (QED) is 0.616. The SMILES string of the molecule is Cc1cccc(CN2CCC(CCC=O)C(c3ccc4c(c3)CNCCO4)C2)c1.Cl.Cl. The molecule has 0 aliphatic carbocycles. The number of fused-ring (bicyclic) bond motifs is 1. The molecule has 2 aliphatic heterocycles. The predicted molar refractivity (Wildman–Crippen MR) is 131 cm³/mol. The molecule has 0 spiro atoms. The van der Waals surface area contributed by atoms with Crippen molar-refractivity contribution in [3.05, 3.63) is 64.7 Å². The summed E-state index contributed by atoms with van der Waals surface area (Å²) in [6.07, 6.45) is 3.87. The number of benzene rings is 2. The van der Waals surface area contributed by atoms with Crippen molar-refractivity contribution >= 4 is 31.1 Å². The summed E-state index contributed by atoms with van der Waals surface area (Å²) in [4.78, 5) is 13.6. The largest absolute Gasteiger partial charge is 0.492 e. The zero-order chi connectivity index (χ0) is 20.1. The Morgan fingerprint density at radius 1 is 1.19 bits per heavy atom. The number of ether oxygens (including phenoxy) is 1. The fourth-order valence-electron chi connectivity index (χ4n) is 4.85. The minimum atomic E-state index is 0. The van der Waals surface area contributed by atoms with Crippen molar-refractivity contribution in [3.63, 3.8) is 0 Å². The highest BCUT2D eigenvalue weighted by Gasteiger charge is 2.30. The molecule has 0 saturated carbocycles. The van der Waals surface area contributed by atoms with Crippen molar-refractivity contribution in [2.24, 2.45) is 5.92 Å². The molecule has 6 heteroatoms. The Bertz CT molecular complexity index is 846. The summed E-state index contributed by atoms with van der Waals surface area (Å²) in [6.45, 7) is 7.77. The molecule has 31 heavy (non-hydrogen) atoms. The highest BCUT2D eigenvalue weighted by molar-refractivity contribution is 5.85. The summed E-state index contributed by atoms with van der Waals surface area (Å²) >= 11 is 0. The topological polar surface area (TPSA) is 41.6 Å². The molecule has 2 aromatic rings. The smallest absolute Gasteiger partial charge is 0.123 e. The van der Waals surface area contributed by atoms with Crippen LogP contribution in [0.2, 0.25) is 0 Å². The standard InChI is InChI=1S/C25H32N2O2.2ClH/c1-19-4-2-5-20(14-19)17-27-11-9-21(6-3-12-28)24(18-27)22-7-8-25-23(15-22)16-26-10-13-29-25;;/h2,4-5,7-8,12,14-15,21,24,26H,3,6,9-11,13,16-18H2,1H3;2*1H. The zero-order valence-corrected chi connectivity index (χ0v) is 19.9. The second-order valence-corrected chi connectivity index (χ2v) is 8.52. The maximum absolute atomic E-state index is 11.0. The zero-order valence-electron chi connectivity index (χ0n) is 18.2. The lowest BCUT2D eigenvalue weighted by atomic mass is 9.78. The molecule has 2 atom stereocenters. The molecule has 0 bridgehead atoms. The van der Waals surface area contributed by atoms with Gasteiger partial charge in [0.05, 0.1) is 0 Å². The molecule has 0 aromatic heterocycles. The van der Waals surface area contributed by atoms with Crippen LogP contribution < -0.4 is 10.1 Å². The molecule has 1 N–H and O–H groups in total. The van der Waals surface area contributed by atoms with E-state index in [1.807, 2.05) is 0 Å². The molecule has 1 fully saturated rings. The number of carbonyl (C=O) groups is 1. The number of aldehydes is 1. The first-order chi connectivity index (χ1) is 14.2. The third-order valence-electron chi connectivity index (χ3n) is 6.35. The van der Waals surface area contributed by atoms with Gasteiger partial charge in [0.15, 0.2) is 0 Å². The molecule has 0 radical (unpaired) electrons. The molecule has 170 valence electrons. The van der Waals surface area contributed by atoms with Gasteiger partial charge in [0.25, 0.3) is 0 Å². The van der Waals surface area contributed by atoms with Gasteiger partial charge < -0.3 is 14.8 Å². The second-order valence-electron chi connectivity index (χ2n) is 8.52. The van der Waals surface area contributed by atoms with E-state index in [1.54, 1.807) is 0 Å². The number of nitrogens with zero attached hydrogens (tertiary/aromatic N) is 1. The van der Waals surface area contributed by atoms with E-state index in [4.69, 9.17) is 4.74 Å². The summed E-state index contributed by atoms with van der Waals surface area (Å²) in [7, 11) is 0. The van der Waals surface area contributed by atoms with Crippen molar-refractivity contribution in [2.45, 2.75) is 45.2 Å². The van der Waals surface area contributed by atoms with E-state index in [2.05, 4.69) is 59.6 Å². The number of hydrogen-bond acceptors (Lipinski definition) is 4. The van der Waals surface area contributed by atoms with Crippen LogP contribution in [0.5, 0.6) is 5.75 Å². The number of hydrogen-bond donors (Lipinski definition) is 1. The van der Waals surface area contributed by atoms with Crippen molar-refractivity contribution in [3.8, 4) is 5.75 Å². The molecule has 2 aliphatic rings. The monoisotopic (exact) mass is 464 g/mol. The lowest BCUT2D eigenvalue weighted by Crippen LogP contribution is -2.39. The highest BCUT2D eigenvalue weighted by atomic mass is 35.5. The molecule has 0 amide bonds. The van der Waals surface area contributed by atoms with E-state index in [1.165, 1.54) is 22.3 Å². The van der Waals surface area contributed by atoms with Crippen molar-refractivity contribution in [2.75, 3.05) is 26.2 Å². The molecule has 4 nitrogen and oxygen atoms in total. The van der Waals surface area contributed by atoms with E-state index in [-0.39, 0.29) is 24.8 Å². The van der Waals surface area contributed by atoms with E-state index >= 15 is 0 Å². The van der Waals surface area contributed by atoms with Gasteiger partial charge in [-0.25, -0.2) is 0 Å². The molecule has 1 saturated heterocycles. The van der Waals surface area contributed by atoms with Gasteiger partial charge in [-0.1, -0.05) is 42.0 Å². The fourth-order valence-corrected chi connectivity index (χ4v) is 4.85. The Hall–Kier alpha value is -1.59. The van der Waals surface area contributed by atoms with Gasteiger partial charge >= 0.3 is 0 Å². The maximum atomic E-state index is 11.0. The number of aryl methyl sites for hydroxylation is 1. The van der Waals surface area contributed by atoms with Crippen LogP contribution in [0.15, 0.2) is 42.5 Å². The first kappa shape index (κ1) is 25.7. The van der Waals surface area contributed by atoms with Gasteiger partial charge in [-0.3, -0.25) is 4.90 Å². The average Bonchev–Trinajstić information content (AvgIpc) is 2.97. The molecule has 2 aromatic carbocycles. The number of carbonyl (C=O) groups excluding carboxylic acids is 1. The summed E-state index contributed by atoms with van der Waals surface area (Å²) in [5.41, 5.74) is 5.35. The molecule has 2 heterocycles. The Morgan fingerprint density at radius 2 is 2.06 bits per heavy atom. The number of nitrogens with one attached hydrogen (secondary N) is 1. The third kappa shape index (κ3) is 6.69. The molecular formula is C25H34Cl2N2O2. The molecule has 2 unspecified atom stereocenters. The maximum Gasteiger partial charge on any atom is 0.123 e. The predicted octanol–water partition coefficient (Wildman–Crippen LogP) is 4.91. The van der Waals surface area contributed by atoms with Crippen molar-refractivity contribution in [1.82, 2.24) is 10.2 Å². The van der Waals surface area contributed by atoms with E-state index in [9.17, 15) is 4.79 Å². The van der Waals surface area contributed by atoms with Crippen LogP contribution in [0.3, 0.4) is 0 Å². The van der Waals surface area contributed by atoms with Crippen LogP contribution in [0.1, 0.15) is 47.4 Å². The summed E-state index contributed by atoms with van der Waals surface area (Å²) in [6, 6.07) is 15.6. The minimum absolute atomic E-state index is 0. The van der Waals surface area contributed by atoms with Crippen molar-refractivity contribution in [1.29, 1.82) is 0 Å². The Morgan fingerprint density at radius 3 is 2.87 bits per heavy atom. The van der Waals surface area contributed by atoms with Gasteiger partial charge in [0.2, 0.25) is 0 Å². The Labute approximate surface area is 198 Å². The van der Waals surface area contributed by atoms with E-state index in [0.29, 0.717) is 18.3 Å². The van der Waals surface area contributed by atoms with Crippen LogP contribution in [-0.4, -0.2) is 37.4 Å². The van der Waals surface area contributed by atoms with Gasteiger partial charge in [0, 0.05) is 38.2 Å². The number of likely N-dealkylation sites (tertiary alicyclic amines) is 1. The summed E-state index contributed by atoms with van der Waals surface area (Å²) in [5.74, 6) is 2.03. The Kier molecular flexibility index (Phi) is 10.3. The number of piperidine rings is 1. The van der Waals surface area contributed by atoms with Crippen LogP contribution >= 0.6 is 24.8 Å². The van der Waals surface area contributed by atoms with Crippen LogP contribution in [0.4, 0.5) is 0 Å². The van der Waals surface area contributed by atoms with E-state index in [0.717, 1.165) is 64.2 Å².